The van der Waals surface area contributed by atoms with Crippen LogP contribution in [0.15, 0.2) is 18.2 Å². The summed E-state index contributed by atoms with van der Waals surface area (Å²) in [7, 11) is 4.25. The number of likely N-dealkylation sites (N-methyl/N-ethyl adjacent to an activating group) is 1. The average molecular weight is 279 g/mol. The first kappa shape index (κ1) is 15.3. The molecule has 0 aliphatic carbocycles. The highest BCUT2D eigenvalue weighted by Gasteiger charge is 2.25. The van der Waals surface area contributed by atoms with Crippen molar-refractivity contribution in [3.05, 3.63) is 29.6 Å². The van der Waals surface area contributed by atoms with Crippen LogP contribution in [-0.2, 0) is 6.54 Å². The lowest BCUT2D eigenvalue weighted by Gasteiger charge is -2.24. The first-order valence-corrected chi connectivity index (χ1v) is 7.40. The molecule has 1 aromatic rings. The molecule has 0 saturated carbocycles. The van der Waals surface area contributed by atoms with Crippen LogP contribution in [0.4, 0.5) is 10.1 Å². The summed E-state index contributed by atoms with van der Waals surface area (Å²) in [4.78, 5) is 4.65. The number of nitrogens with zero attached hydrogens (tertiary/aromatic N) is 2. The van der Waals surface area contributed by atoms with Crippen molar-refractivity contribution in [1.82, 2.24) is 10.2 Å². The Kier molecular flexibility index (Phi) is 5.00. The number of nitrogens with one attached hydrogen (secondary N) is 1. The summed E-state index contributed by atoms with van der Waals surface area (Å²) >= 11 is 0. The molecule has 1 aliphatic rings. The van der Waals surface area contributed by atoms with Crippen LogP contribution in [0.2, 0.25) is 0 Å². The Morgan fingerprint density at radius 2 is 2.15 bits per heavy atom. The third-order valence-electron chi connectivity index (χ3n) is 3.98. The third-order valence-corrected chi connectivity index (χ3v) is 3.98. The summed E-state index contributed by atoms with van der Waals surface area (Å²) in [5, 5.41) is 3.38. The van der Waals surface area contributed by atoms with Crippen LogP contribution in [0.3, 0.4) is 0 Å². The molecule has 1 unspecified atom stereocenters. The standard InChI is InChI=1S/C16H26FN3/c1-12(2)18-10-13-9-14(17)5-6-16(13)20-8-7-15(11-20)19(3)4/h5-6,9,12,15,18H,7-8,10-11H2,1-4H3. The van der Waals surface area contributed by atoms with Crippen LogP contribution in [0.5, 0.6) is 0 Å². The molecule has 2 rings (SSSR count). The first-order valence-electron chi connectivity index (χ1n) is 7.40. The van der Waals surface area contributed by atoms with Gasteiger partial charge in [-0.1, -0.05) is 13.8 Å². The molecule has 1 atom stereocenters. The van der Waals surface area contributed by atoms with E-state index in [9.17, 15) is 4.39 Å². The minimum absolute atomic E-state index is 0.155. The van der Waals surface area contributed by atoms with E-state index in [1.165, 1.54) is 12.1 Å². The molecule has 0 spiro atoms. The second kappa shape index (κ2) is 6.55. The summed E-state index contributed by atoms with van der Waals surface area (Å²) in [5.41, 5.74) is 2.22. The number of anilines is 1. The quantitative estimate of drug-likeness (QED) is 0.893. The van der Waals surface area contributed by atoms with Crippen molar-refractivity contribution in [2.24, 2.45) is 0 Å². The van der Waals surface area contributed by atoms with Gasteiger partial charge in [-0.2, -0.15) is 0 Å². The minimum atomic E-state index is -0.155. The predicted octanol–water partition coefficient (Wildman–Crippen LogP) is 2.46. The molecule has 0 bridgehead atoms. The fourth-order valence-electron chi connectivity index (χ4n) is 2.70. The molecule has 0 amide bonds. The van der Waals surface area contributed by atoms with Gasteiger partial charge in [-0.15, -0.1) is 0 Å². The molecule has 1 aliphatic heterocycles. The van der Waals surface area contributed by atoms with E-state index in [2.05, 4.69) is 43.1 Å². The van der Waals surface area contributed by atoms with Gasteiger partial charge in [-0.25, -0.2) is 4.39 Å². The Balaban J connectivity index is 2.14. The van der Waals surface area contributed by atoms with E-state index in [4.69, 9.17) is 0 Å². The Hall–Kier alpha value is -1.13. The number of halogens is 1. The maximum Gasteiger partial charge on any atom is 0.123 e. The second-order valence-electron chi connectivity index (χ2n) is 6.16. The predicted molar refractivity (Wildman–Crippen MR) is 82.7 cm³/mol. The monoisotopic (exact) mass is 279 g/mol. The molecule has 0 aromatic heterocycles. The van der Waals surface area contributed by atoms with Gasteiger partial charge in [0.2, 0.25) is 0 Å². The van der Waals surface area contributed by atoms with Crippen LogP contribution in [-0.4, -0.2) is 44.2 Å². The lowest BCUT2D eigenvalue weighted by molar-refractivity contribution is 0.315. The van der Waals surface area contributed by atoms with Crippen molar-refractivity contribution in [2.45, 2.75) is 38.9 Å². The van der Waals surface area contributed by atoms with Crippen LogP contribution in [0, 0.1) is 5.82 Å². The highest BCUT2D eigenvalue weighted by atomic mass is 19.1. The van der Waals surface area contributed by atoms with E-state index in [0.717, 1.165) is 18.7 Å². The molecule has 1 saturated heterocycles. The first-order chi connectivity index (χ1) is 9.47. The molecule has 0 radical (unpaired) electrons. The topological polar surface area (TPSA) is 18.5 Å². The Labute approximate surface area is 121 Å². The number of rotatable bonds is 5. The van der Waals surface area contributed by atoms with Crippen LogP contribution < -0.4 is 10.2 Å². The number of benzene rings is 1. The normalized spacial score (nSPS) is 19.4. The Bertz CT molecular complexity index is 445. The van der Waals surface area contributed by atoms with Gasteiger partial charge in [0.1, 0.15) is 5.82 Å². The van der Waals surface area contributed by atoms with E-state index >= 15 is 0 Å². The lowest BCUT2D eigenvalue weighted by atomic mass is 10.1. The zero-order valence-corrected chi connectivity index (χ0v) is 13.0. The van der Waals surface area contributed by atoms with Crippen molar-refractivity contribution >= 4 is 5.69 Å². The minimum Gasteiger partial charge on any atom is -0.370 e. The van der Waals surface area contributed by atoms with E-state index in [1.807, 2.05) is 6.07 Å². The van der Waals surface area contributed by atoms with Gasteiger partial charge < -0.3 is 15.1 Å². The second-order valence-corrected chi connectivity index (χ2v) is 6.16. The molecule has 1 heterocycles. The Morgan fingerprint density at radius 1 is 1.40 bits per heavy atom. The fraction of sp³-hybridized carbons (Fsp3) is 0.625. The molecule has 1 fully saturated rings. The SMILES string of the molecule is CC(C)NCc1cc(F)ccc1N1CCC(N(C)C)C1. The molecule has 4 heteroatoms. The number of hydrogen-bond acceptors (Lipinski definition) is 3. The maximum atomic E-state index is 13.5. The molecule has 1 aromatic carbocycles. The number of hydrogen-bond donors (Lipinski definition) is 1. The van der Waals surface area contributed by atoms with E-state index in [1.54, 1.807) is 12.1 Å². The molecule has 20 heavy (non-hydrogen) atoms. The molecular formula is C16H26FN3. The van der Waals surface area contributed by atoms with Gasteiger partial charge in [0.25, 0.3) is 0 Å². The average Bonchev–Trinajstić information content (AvgIpc) is 2.86. The highest BCUT2D eigenvalue weighted by Crippen LogP contribution is 2.26. The zero-order valence-electron chi connectivity index (χ0n) is 13.0. The largest absolute Gasteiger partial charge is 0.370 e. The van der Waals surface area contributed by atoms with Crippen molar-refractivity contribution in [3.8, 4) is 0 Å². The van der Waals surface area contributed by atoms with Crippen molar-refractivity contribution in [1.29, 1.82) is 0 Å². The van der Waals surface area contributed by atoms with Gasteiger partial charge in [0.15, 0.2) is 0 Å². The fourth-order valence-corrected chi connectivity index (χ4v) is 2.70. The van der Waals surface area contributed by atoms with Crippen molar-refractivity contribution in [3.63, 3.8) is 0 Å². The molecular weight excluding hydrogens is 253 g/mol. The van der Waals surface area contributed by atoms with E-state index < -0.39 is 0 Å². The zero-order chi connectivity index (χ0) is 14.7. The van der Waals surface area contributed by atoms with Crippen molar-refractivity contribution in [2.75, 3.05) is 32.1 Å². The highest BCUT2D eigenvalue weighted by molar-refractivity contribution is 5.55. The van der Waals surface area contributed by atoms with E-state index in [-0.39, 0.29) is 5.82 Å². The summed E-state index contributed by atoms with van der Waals surface area (Å²) < 4.78 is 13.5. The summed E-state index contributed by atoms with van der Waals surface area (Å²) in [6.07, 6.45) is 1.17. The van der Waals surface area contributed by atoms with Gasteiger partial charge >= 0.3 is 0 Å². The lowest BCUT2D eigenvalue weighted by Crippen LogP contribution is -2.32. The summed E-state index contributed by atoms with van der Waals surface area (Å²) in [6, 6.07) is 6.14. The third kappa shape index (κ3) is 3.70. The molecule has 112 valence electrons. The van der Waals surface area contributed by atoms with Gasteiger partial charge in [0.05, 0.1) is 0 Å². The summed E-state index contributed by atoms with van der Waals surface area (Å²) in [6.45, 7) is 7.00. The maximum absolute atomic E-state index is 13.5. The van der Waals surface area contributed by atoms with Crippen LogP contribution in [0.25, 0.3) is 0 Å². The molecule has 3 nitrogen and oxygen atoms in total. The van der Waals surface area contributed by atoms with E-state index in [0.29, 0.717) is 18.6 Å². The van der Waals surface area contributed by atoms with Gasteiger partial charge in [0, 0.05) is 37.4 Å². The van der Waals surface area contributed by atoms with Crippen LogP contribution >= 0.6 is 0 Å². The van der Waals surface area contributed by atoms with Gasteiger partial charge in [-0.05, 0) is 44.3 Å². The molecule has 1 N–H and O–H groups in total. The van der Waals surface area contributed by atoms with Crippen molar-refractivity contribution < 1.29 is 4.39 Å². The smallest absolute Gasteiger partial charge is 0.123 e. The van der Waals surface area contributed by atoms with Crippen LogP contribution in [0.1, 0.15) is 25.8 Å². The Morgan fingerprint density at radius 3 is 2.75 bits per heavy atom. The summed E-state index contributed by atoms with van der Waals surface area (Å²) in [5.74, 6) is -0.155. The van der Waals surface area contributed by atoms with Gasteiger partial charge in [-0.3, -0.25) is 0 Å².